The number of amides is 1. The van der Waals surface area contributed by atoms with E-state index in [-0.39, 0.29) is 5.91 Å². The molecule has 0 unspecified atom stereocenters. The molecule has 0 fully saturated rings. The Kier molecular flexibility index (Phi) is 4.77. The first-order valence-corrected chi connectivity index (χ1v) is 6.97. The second-order valence-electron chi connectivity index (χ2n) is 4.62. The molecule has 3 nitrogen and oxygen atoms in total. The average molecular weight is 268 g/mol. The predicted octanol–water partition coefficient (Wildman–Crippen LogP) is 3.93. The number of hydrogen-bond acceptors (Lipinski definition) is 2. The van der Waals surface area contributed by atoms with Crippen LogP contribution in [0.15, 0.2) is 48.5 Å². The van der Waals surface area contributed by atoms with Crippen molar-refractivity contribution in [2.45, 2.75) is 20.3 Å². The lowest BCUT2D eigenvalue weighted by Crippen LogP contribution is -2.12. The Hall–Kier alpha value is -2.29. The topological polar surface area (TPSA) is 41.1 Å². The minimum atomic E-state index is -0.0821. The molecule has 0 aliphatic rings. The van der Waals surface area contributed by atoms with E-state index in [0.717, 1.165) is 24.3 Å². The number of rotatable bonds is 5. The van der Waals surface area contributed by atoms with Crippen LogP contribution in [0.3, 0.4) is 0 Å². The van der Waals surface area contributed by atoms with E-state index < -0.39 is 0 Å². The smallest absolute Gasteiger partial charge is 0.255 e. The van der Waals surface area contributed by atoms with E-state index in [1.54, 1.807) is 0 Å². The predicted molar refractivity (Wildman–Crippen MR) is 84.4 cm³/mol. The average Bonchev–Trinajstić information content (AvgIpc) is 2.48. The number of carbonyl (C=O) groups is 1. The highest BCUT2D eigenvalue weighted by atomic mass is 16.1. The van der Waals surface area contributed by atoms with E-state index >= 15 is 0 Å². The van der Waals surface area contributed by atoms with Gasteiger partial charge < -0.3 is 10.6 Å². The third kappa shape index (κ3) is 3.60. The summed E-state index contributed by atoms with van der Waals surface area (Å²) in [5, 5.41) is 6.13. The molecule has 0 saturated carbocycles. The Labute approximate surface area is 120 Å². The molecule has 2 N–H and O–H groups in total. The van der Waals surface area contributed by atoms with Gasteiger partial charge in [-0.2, -0.15) is 0 Å². The molecular formula is C17H20N2O. The van der Waals surface area contributed by atoms with Gasteiger partial charge in [-0.15, -0.1) is 0 Å². The van der Waals surface area contributed by atoms with E-state index in [0.29, 0.717) is 5.56 Å². The highest BCUT2D eigenvalue weighted by Gasteiger charge is 2.06. The van der Waals surface area contributed by atoms with Crippen LogP contribution in [0.4, 0.5) is 11.4 Å². The molecule has 2 rings (SSSR count). The standard InChI is InChI=1S/C17H20N2O/c1-3-13-6-5-7-16(12-13)19-17(20)14-8-10-15(11-9-14)18-4-2/h5-12,18H,3-4H2,1-2H3,(H,19,20). The van der Waals surface area contributed by atoms with Gasteiger partial charge >= 0.3 is 0 Å². The molecule has 3 heteroatoms. The Morgan fingerprint density at radius 2 is 1.75 bits per heavy atom. The molecule has 0 heterocycles. The lowest BCUT2D eigenvalue weighted by Gasteiger charge is -2.08. The van der Waals surface area contributed by atoms with Crippen LogP contribution in [-0.2, 0) is 6.42 Å². The summed E-state index contributed by atoms with van der Waals surface area (Å²) in [5.41, 5.74) is 3.74. The zero-order valence-corrected chi connectivity index (χ0v) is 11.9. The first-order chi connectivity index (χ1) is 9.72. The van der Waals surface area contributed by atoms with Crippen LogP contribution >= 0.6 is 0 Å². The molecular weight excluding hydrogens is 248 g/mol. The van der Waals surface area contributed by atoms with Crippen molar-refractivity contribution in [2.75, 3.05) is 17.2 Å². The van der Waals surface area contributed by atoms with Gasteiger partial charge in [-0.1, -0.05) is 19.1 Å². The lowest BCUT2D eigenvalue weighted by molar-refractivity contribution is 0.102. The molecule has 0 radical (unpaired) electrons. The number of anilines is 2. The van der Waals surface area contributed by atoms with Crippen molar-refractivity contribution in [3.05, 3.63) is 59.7 Å². The second-order valence-corrected chi connectivity index (χ2v) is 4.62. The third-order valence-corrected chi connectivity index (χ3v) is 3.12. The maximum atomic E-state index is 12.2. The van der Waals surface area contributed by atoms with Crippen LogP contribution in [-0.4, -0.2) is 12.5 Å². The van der Waals surface area contributed by atoms with Gasteiger partial charge in [0.2, 0.25) is 0 Å². The second kappa shape index (κ2) is 6.75. The van der Waals surface area contributed by atoms with Crippen molar-refractivity contribution in [3.63, 3.8) is 0 Å². The summed E-state index contributed by atoms with van der Waals surface area (Å²) in [6.07, 6.45) is 0.959. The summed E-state index contributed by atoms with van der Waals surface area (Å²) >= 11 is 0. The van der Waals surface area contributed by atoms with Crippen LogP contribution in [0.2, 0.25) is 0 Å². The number of carbonyl (C=O) groups excluding carboxylic acids is 1. The van der Waals surface area contributed by atoms with E-state index in [2.05, 4.69) is 23.6 Å². The molecule has 2 aromatic carbocycles. The summed E-state index contributed by atoms with van der Waals surface area (Å²) in [6.45, 7) is 5.01. The van der Waals surface area contributed by atoms with Crippen molar-refractivity contribution in [3.8, 4) is 0 Å². The molecule has 0 aliphatic carbocycles. The maximum Gasteiger partial charge on any atom is 0.255 e. The van der Waals surface area contributed by atoms with Crippen molar-refractivity contribution in [1.29, 1.82) is 0 Å². The van der Waals surface area contributed by atoms with Gasteiger partial charge in [0, 0.05) is 23.5 Å². The molecule has 0 aromatic heterocycles. The fourth-order valence-corrected chi connectivity index (χ4v) is 2.02. The van der Waals surface area contributed by atoms with Gasteiger partial charge in [-0.25, -0.2) is 0 Å². The van der Waals surface area contributed by atoms with E-state index in [1.807, 2.05) is 49.4 Å². The Morgan fingerprint density at radius 3 is 2.40 bits per heavy atom. The number of benzene rings is 2. The summed E-state index contributed by atoms with van der Waals surface area (Å²) in [4.78, 5) is 12.2. The minimum absolute atomic E-state index is 0.0821. The SMILES string of the molecule is CCNc1ccc(C(=O)Nc2cccc(CC)c2)cc1. The summed E-state index contributed by atoms with van der Waals surface area (Å²) in [6, 6.07) is 15.4. The number of nitrogens with one attached hydrogen (secondary N) is 2. The largest absolute Gasteiger partial charge is 0.385 e. The third-order valence-electron chi connectivity index (χ3n) is 3.12. The van der Waals surface area contributed by atoms with Crippen molar-refractivity contribution >= 4 is 17.3 Å². The van der Waals surface area contributed by atoms with Gasteiger partial charge in [0.15, 0.2) is 0 Å². The lowest BCUT2D eigenvalue weighted by atomic mass is 10.1. The van der Waals surface area contributed by atoms with Crippen LogP contribution in [0.25, 0.3) is 0 Å². The summed E-state index contributed by atoms with van der Waals surface area (Å²) in [5.74, 6) is -0.0821. The first kappa shape index (κ1) is 14.1. The first-order valence-electron chi connectivity index (χ1n) is 6.97. The van der Waals surface area contributed by atoms with Crippen LogP contribution < -0.4 is 10.6 Å². The van der Waals surface area contributed by atoms with Crippen molar-refractivity contribution in [1.82, 2.24) is 0 Å². The molecule has 20 heavy (non-hydrogen) atoms. The normalized spacial score (nSPS) is 10.1. The van der Waals surface area contributed by atoms with Crippen molar-refractivity contribution < 1.29 is 4.79 Å². The quantitative estimate of drug-likeness (QED) is 0.862. The molecule has 0 atom stereocenters. The molecule has 2 aromatic rings. The van der Waals surface area contributed by atoms with E-state index in [4.69, 9.17) is 0 Å². The van der Waals surface area contributed by atoms with Crippen LogP contribution in [0, 0.1) is 0 Å². The van der Waals surface area contributed by atoms with E-state index in [1.165, 1.54) is 5.56 Å². The highest BCUT2D eigenvalue weighted by Crippen LogP contribution is 2.14. The Morgan fingerprint density at radius 1 is 1.00 bits per heavy atom. The zero-order valence-electron chi connectivity index (χ0n) is 11.9. The molecule has 0 bridgehead atoms. The monoisotopic (exact) mass is 268 g/mol. The summed E-state index contributed by atoms with van der Waals surface area (Å²) < 4.78 is 0. The van der Waals surface area contributed by atoms with Gasteiger partial charge in [0.05, 0.1) is 0 Å². The molecule has 0 saturated heterocycles. The summed E-state index contributed by atoms with van der Waals surface area (Å²) in [7, 11) is 0. The van der Waals surface area contributed by atoms with E-state index in [9.17, 15) is 4.79 Å². The zero-order chi connectivity index (χ0) is 14.4. The fraction of sp³-hybridized carbons (Fsp3) is 0.235. The number of hydrogen-bond donors (Lipinski definition) is 2. The Bertz CT molecular complexity index is 576. The minimum Gasteiger partial charge on any atom is -0.385 e. The van der Waals surface area contributed by atoms with Gasteiger partial charge in [-0.05, 0) is 55.3 Å². The molecule has 0 spiro atoms. The van der Waals surface area contributed by atoms with Gasteiger partial charge in [0.1, 0.15) is 0 Å². The fourth-order valence-electron chi connectivity index (χ4n) is 2.02. The molecule has 104 valence electrons. The molecule has 1 amide bonds. The van der Waals surface area contributed by atoms with Gasteiger partial charge in [0.25, 0.3) is 5.91 Å². The van der Waals surface area contributed by atoms with Crippen LogP contribution in [0.1, 0.15) is 29.8 Å². The van der Waals surface area contributed by atoms with Gasteiger partial charge in [-0.3, -0.25) is 4.79 Å². The Balaban J connectivity index is 2.07. The maximum absolute atomic E-state index is 12.2. The van der Waals surface area contributed by atoms with Crippen molar-refractivity contribution in [2.24, 2.45) is 0 Å². The van der Waals surface area contributed by atoms with Crippen LogP contribution in [0.5, 0.6) is 0 Å². The molecule has 0 aliphatic heterocycles. The highest BCUT2D eigenvalue weighted by molar-refractivity contribution is 6.04. The number of aryl methyl sites for hydroxylation is 1.